The first-order valence-corrected chi connectivity index (χ1v) is 8.42. The molecule has 0 spiro atoms. The minimum Gasteiger partial charge on any atom is -0.207 e. The van der Waals surface area contributed by atoms with E-state index >= 15 is 0 Å². The molecule has 0 atom stereocenters. The standard InChI is InChI=1S/C15H12ClF4NO2S/c1-21(9-10-6-7-11(17)8-13(10)16)24(22,23)14-5-3-2-4-12(14)15(18,19)20/h2-8H,9H2,1H3. The zero-order valence-corrected chi connectivity index (χ0v) is 13.9. The molecule has 24 heavy (non-hydrogen) atoms. The van der Waals surface area contributed by atoms with Gasteiger partial charge >= 0.3 is 6.18 Å². The van der Waals surface area contributed by atoms with Gasteiger partial charge in [-0.1, -0.05) is 29.8 Å². The summed E-state index contributed by atoms with van der Waals surface area (Å²) in [5, 5.41) is -0.0128. The number of benzene rings is 2. The van der Waals surface area contributed by atoms with Gasteiger partial charge in [-0.2, -0.15) is 17.5 Å². The fourth-order valence-electron chi connectivity index (χ4n) is 2.07. The highest BCUT2D eigenvalue weighted by Gasteiger charge is 2.38. The summed E-state index contributed by atoms with van der Waals surface area (Å²) in [7, 11) is -3.29. The molecule has 2 rings (SSSR count). The summed E-state index contributed by atoms with van der Waals surface area (Å²) in [6, 6.07) is 7.28. The number of hydrogen-bond acceptors (Lipinski definition) is 2. The predicted octanol–water partition coefficient (Wildman–Crippen LogP) is 4.32. The van der Waals surface area contributed by atoms with E-state index in [0.29, 0.717) is 6.07 Å². The van der Waals surface area contributed by atoms with E-state index in [9.17, 15) is 26.0 Å². The Morgan fingerprint density at radius 2 is 1.75 bits per heavy atom. The van der Waals surface area contributed by atoms with Crippen LogP contribution >= 0.6 is 11.6 Å². The highest BCUT2D eigenvalue weighted by Crippen LogP contribution is 2.35. The van der Waals surface area contributed by atoms with Gasteiger partial charge in [-0.25, -0.2) is 12.8 Å². The van der Waals surface area contributed by atoms with Gasteiger partial charge in [0.2, 0.25) is 10.0 Å². The van der Waals surface area contributed by atoms with Crippen LogP contribution in [0.4, 0.5) is 17.6 Å². The van der Waals surface area contributed by atoms with Crippen LogP contribution in [0.2, 0.25) is 5.02 Å². The quantitative estimate of drug-likeness (QED) is 0.740. The van der Waals surface area contributed by atoms with Crippen LogP contribution in [0.3, 0.4) is 0 Å². The summed E-state index contributed by atoms with van der Waals surface area (Å²) in [6.45, 7) is -0.298. The molecule has 0 N–H and O–H groups in total. The molecule has 0 aliphatic heterocycles. The summed E-state index contributed by atoms with van der Waals surface area (Å²) < 4.78 is 77.8. The van der Waals surface area contributed by atoms with E-state index in [1.165, 1.54) is 12.1 Å². The van der Waals surface area contributed by atoms with Crippen LogP contribution < -0.4 is 0 Å². The van der Waals surface area contributed by atoms with Crippen molar-refractivity contribution >= 4 is 21.6 Å². The van der Waals surface area contributed by atoms with Gasteiger partial charge in [0.25, 0.3) is 0 Å². The number of halogens is 5. The van der Waals surface area contributed by atoms with Gasteiger partial charge in [0.1, 0.15) is 5.82 Å². The van der Waals surface area contributed by atoms with Gasteiger partial charge in [0, 0.05) is 18.6 Å². The van der Waals surface area contributed by atoms with Gasteiger partial charge in [-0.05, 0) is 29.8 Å². The van der Waals surface area contributed by atoms with E-state index in [4.69, 9.17) is 11.6 Å². The highest BCUT2D eigenvalue weighted by atomic mass is 35.5. The van der Waals surface area contributed by atoms with Crippen molar-refractivity contribution in [2.45, 2.75) is 17.6 Å². The van der Waals surface area contributed by atoms with Crippen LogP contribution in [0.25, 0.3) is 0 Å². The third kappa shape index (κ3) is 3.88. The molecule has 0 bridgehead atoms. The largest absolute Gasteiger partial charge is 0.417 e. The zero-order chi connectivity index (χ0) is 18.1. The van der Waals surface area contributed by atoms with Gasteiger partial charge < -0.3 is 0 Å². The Hall–Kier alpha value is -1.64. The minimum atomic E-state index is -4.81. The van der Waals surface area contributed by atoms with Crippen molar-refractivity contribution < 1.29 is 26.0 Å². The third-order valence-electron chi connectivity index (χ3n) is 3.29. The molecular formula is C15H12ClF4NO2S. The molecule has 0 aromatic heterocycles. The highest BCUT2D eigenvalue weighted by molar-refractivity contribution is 7.89. The van der Waals surface area contributed by atoms with Crippen LogP contribution in [0, 0.1) is 5.82 Å². The smallest absolute Gasteiger partial charge is 0.207 e. The number of sulfonamides is 1. The van der Waals surface area contributed by atoms with E-state index in [1.807, 2.05) is 0 Å². The lowest BCUT2D eigenvalue weighted by molar-refractivity contribution is -0.139. The molecule has 0 radical (unpaired) electrons. The van der Waals surface area contributed by atoms with Crippen LogP contribution in [-0.4, -0.2) is 19.8 Å². The number of nitrogens with zero attached hydrogens (tertiary/aromatic N) is 1. The topological polar surface area (TPSA) is 37.4 Å². The first kappa shape index (κ1) is 18.7. The van der Waals surface area contributed by atoms with E-state index in [2.05, 4.69) is 0 Å². The number of rotatable bonds is 4. The lowest BCUT2D eigenvalue weighted by Gasteiger charge is -2.20. The van der Waals surface area contributed by atoms with E-state index in [1.54, 1.807) is 0 Å². The molecule has 2 aromatic rings. The predicted molar refractivity (Wildman–Crippen MR) is 81.5 cm³/mol. The first-order chi connectivity index (χ1) is 11.0. The number of alkyl halides is 3. The van der Waals surface area contributed by atoms with Crippen molar-refractivity contribution in [3.8, 4) is 0 Å². The molecule has 0 saturated heterocycles. The van der Waals surface area contributed by atoms with E-state index < -0.39 is 32.5 Å². The Balaban J connectivity index is 2.41. The average molecular weight is 382 g/mol. The molecule has 3 nitrogen and oxygen atoms in total. The second kappa shape index (κ2) is 6.70. The summed E-state index contributed by atoms with van der Waals surface area (Å²) in [5.74, 6) is -0.600. The second-order valence-corrected chi connectivity index (χ2v) is 7.41. The Labute approximate surface area is 141 Å². The molecule has 2 aromatic carbocycles. The van der Waals surface area contributed by atoms with E-state index in [0.717, 1.165) is 35.6 Å². The van der Waals surface area contributed by atoms with Gasteiger partial charge in [0.05, 0.1) is 10.5 Å². The van der Waals surface area contributed by atoms with Gasteiger partial charge in [-0.15, -0.1) is 0 Å². The SMILES string of the molecule is CN(Cc1ccc(F)cc1Cl)S(=O)(=O)c1ccccc1C(F)(F)F. The monoisotopic (exact) mass is 381 g/mol. The molecule has 130 valence electrons. The van der Waals surface area contributed by atoms with Crippen molar-refractivity contribution in [2.24, 2.45) is 0 Å². The lowest BCUT2D eigenvalue weighted by Crippen LogP contribution is -2.28. The van der Waals surface area contributed by atoms with Crippen molar-refractivity contribution in [3.05, 3.63) is 64.4 Å². The average Bonchev–Trinajstić information content (AvgIpc) is 2.49. The molecule has 0 unspecified atom stereocenters. The molecule has 9 heteroatoms. The van der Waals surface area contributed by atoms with Crippen molar-refractivity contribution in [1.82, 2.24) is 4.31 Å². The molecule has 0 amide bonds. The van der Waals surface area contributed by atoms with Crippen LogP contribution in [-0.2, 0) is 22.7 Å². The Morgan fingerprint density at radius 1 is 1.12 bits per heavy atom. The minimum absolute atomic E-state index is 0.0128. The van der Waals surface area contributed by atoms with Crippen molar-refractivity contribution in [1.29, 1.82) is 0 Å². The molecule has 0 aliphatic rings. The Kier molecular flexibility index (Phi) is 5.22. The van der Waals surface area contributed by atoms with E-state index in [-0.39, 0.29) is 17.1 Å². The van der Waals surface area contributed by atoms with Gasteiger partial charge in [0.15, 0.2) is 0 Å². The lowest BCUT2D eigenvalue weighted by atomic mass is 10.2. The summed E-state index contributed by atoms with van der Waals surface area (Å²) in [4.78, 5) is -0.849. The third-order valence-corrected chi connectivity index (χ3v) is 5.50. The van der Waals surface area contributed by atoms with Crippen LogP contribution in [0.5, 0.6) is 0 Å². The van der Waals surface area contributed by atoms with Crippen LogP contribution in [0.15, 0.2) is 47.4 Å². The first-order valence-electron chi connectivity index (χ1n) is 6.60. The van der Waals surface area contributed by atoms with Crippen molar-refractivity contribution in [2.75, 3.05) is 7.05 Å². The fourth-order valence-corrected chi connectivity index (χ4v) is 3.65. The maximum absolute atomic E-state index is 13.0. The molecule has 0 heterocycles. The summed E-state index contributed by atoms with van der Waals surface area (Å²) >= 11 is 5.83. The summed E-state index contributed by atoms with van der Waals surface area (Å²) in [6.07, 6.45) is -4.81. The Bertz CT molecular complexity index is 853. The normalized spacial score (nSPS) is 12.6. The maximum Gasteiger partial charge on any atom is 0.417 e. The zero-order valence-electron chi connectivity index (χ0n) is 12.3. The maximum atomic E-state index is 13.0. The van der Waals surface area contributed by atoms with Gasteiger partial charge in [-0.3, -0.25) is 0 Å². The molecule has 0 saturated carbocycles. The summed E-state index contributed by atoms with van der Waals surface area (Å²) in [5.41, 5.74) is -0.976. The number of hydrogen-bond donors (Lipinski definition) is 0. The molecule has 0 fully saturated rings. The van der Waals surface area contributed by atoms with Crippen molar-refractivity contribution in [3.63, 3.8) is 0 Å². The molecule has 0 aliphatic carbocycles. The Morgan fingerprint density at radius 3 is 2.33 bits per heavy atom. The van der Waals surface area contributed by atoms with Crippen LogP contribution in [0.1, 0.15) is 11.1 Å². The fraction of sp³-hybridized carbons (Fsp3) is 0.200. The second-order valence-electron chi connectivity index (χ2n) is 4.99. The molecular weight excluding hydrogens is 370 g/mol.